The summed E-state index contributed by atoms with van der Waals surface area (Å²) < 4.78 is 73.5. The van der Waals surface area contributed by atoms with Gasteiger partial charge in [-0.3, -0.25) is 9.97 Å². The van der Waals surface area contributed by atoms with Crippen molar-refractivity contribution in [3.8, 4) is 11.3 Å². The highest BCUT2D eigenvalue weighted by molar-refractivity contribution is 7.86. The fourth-order valence-corrected chi connectivity index (χ4v) is 4.97. The van der Waals surface area contributed by atoms with Gasteiger partial charge in [-0.2, -0.15) is 30.2 Å². The van der Waals surface area contributed by atoms with Crippen LogP contribution in [0, 0.1) is 0 Å². The molecule has 2 heterocycles. The van der Waals surface area contributed by atoms with Crippen LogP contribution in [0.15, 0.2) is 36.7 Å². The van der Waals surface area contributed by atoms with Crippen LogP contribution >= 0.6 is 0 Å². The summed E-state index contributed by atoms with van der Waals surface area (Å²) in [5.41, 5.74) is -0.0286. The molecule has 1 aromatic carbocycles. The average molecular weight is 444 g/mol. The van der Waals surface area contributed by atoms with E-state index in [-0.39, 0.29) is 31.0 Å². The lowest BCUT2D eigenvalue weighted by molar-refractivity contribution is -0.137. The number of hydrogen-bond acceptors (Lipinski definition) is 5. The third kappa shape index (κ3) is 4.64. The van der Waals surface area contributed by atoms with E-state index in [0.29, 0.717) is 18.8 Å². The van der Waals surface area contributed by atoms with Crippen LogP contribution in [0.3, 0.4) is 0 Å². The number of ether oxygens (including phenoxy) is 1. The van der Waals surface area contributed by atoms with Crippen LogP contribution in [-0.4, -0.2) is 59.8 Å². The number of halogens is 3. The Morgan fingerprint density at radius 3 is 2.57 bits per heavy atom. The zero-order valence-corrected chi connectivity index (χ0v) is 17.4. The maximum Gasteiger partial charge on any atom is 0.416 e. The first kappa shape index (κ1) is 22.6. The standard InChI is InChI=1S/C19H23F3N4O3S/c1-3-25(4-2)30(27,28)26-10-11-29-16(13-26)18-17(23-8-9-24-18)14-6-5-7-15(12-14)19(20,21)22/h5-9,12,16H,3-4,10-11,13H2,1-2H3/t16-/m1/s1. The molecule has 1 aliphatic rings. The van der Waals surface area contributed by atoms with E-state index >= 15 is 0 Å². The van der Waals surface area contributed by atoms with Gasteiger partial charge in [-0.15, -0.1) is 0 Å². The highest BCUT2D eigenvalue weighted by atomic mass is 32.2. The second-order valence-electron chi connectivity index (χ2n) is 6.68. The molecule has 30 heavy (non-hydrogen) atoms. The van der Waals surface area contributed by atoms with E-state index in [4.69, 9.17) is 4.74 Å². The maximum absolute atomic E-state index is 13.1. The molecule has 164 valence electrons. The van der Waals surface area contributed by atoms with Crippen molar-refractivity contribution in [3.05, 3.63) is 47.9 Å². The van der Waals surface area contributed by atoms with Crippen molar-refractivity contribution in [1.29, 1.82) is 0 Å². The Balaban J connectivity index is 1.95. The van der Waals surface area contributed by atoms with Crippen LogP contribution in [0.5, 0.6) is 0 Å². The summed E-state index contributed by atoms with van der Waals surface area (Å²) in [4.78, 5) is 8.48. The third-order valence-corrected chi connectivity index (χ3v) is 7.04. The lowest BCUT2D eigenvalue weighted by Gasteiger charge is -2.35. The molecule has 0 spiro atoms. The fourth-order valence-electron chi connectivity index (χ4n) is 3.36. The van der Waals surface area contributed by atoms with E-state index in [1.807, 2.05) is 0 Å². The normalized spacial score (nSPS) is 18.7. The molecule has 0 unspecified atom stereocenters. The highest BCUT2D eigenvalue weighted by Gasteiger charge is 2.35. The molecule has 2 aromatic rings. The van der Waals surface area contributed by atoms with Crippen molar-refractivity contribution in [3.63, 3.8) is 0 Å². The first-order chi connectivity index (χ1) is 14.2. The first-order valence-corrected chi connectivity index (χ1v) is 10.9. The molecule has 0 saturated carbocycles. The van der Waals surface area contributed by atoms with Gasteiger partial charge in [-0.1, -0.05) is 26.0 Å². The molecule has 0 aliphatic carbocycles. The summed E-state index contributed by atoms with van der Waals surface area (Å²) in [7, 11) is -3.68. The highest BCUT2D eigenvalue weighted by Crippen LogP contribution is 2.34. The second kappa shape index (κ2) is 8.96. The van der Waals surface area contributed by atoms with Crippen LogP contribution in [0.25, 0.3) is 11.3 Å². The van der Waals surface area contributed by atoms with Gasteiger partial charge in [-0.25, -0.2) is 0 Å². The van der Waals surface area contributed by atoms with E-state index < -0.39 is 28.1 Å². The first-order valence-electron chi connectivity index (χ1n) is 9.53. The summed E-state index contributed by atoms with van der Waals surface area (Å²) in [6.07, 6.45) is -2.45. The smallest absolute Gasteiger partial charge is 0.369 e. The van der Waals surface area contributed by atoms with Gasteiger partial charge in [-0.05, 0) is 12.1 Å². The Labute approximate surface area is 173 Å². The van der Waals surface area contributed by atoms with Gasteiger partial charge < -0.3 is 4.74 Å². The van der Waals surface area contributed by atoms with Crippen molar-refractivity contribution in [2.75, 3.05) is 32.8 Å². The predicted octanol–water partition coefficient (Wildman–Crippen LogP) is 3.12. The van der Waals surface area contributed by atoms with E-state index in [1.54, 1.807) is 13.8 Å². The monoisotopic (exact) mass is 444 g/mol. The minimum Gasteiger partial charge on any atom is -0.369 e. The molecular weight excluding hydrogens is 421 g/mol. The maximum atomic E-state index is 13.1. The Kier molecular flexibility index (Phi) is 6.75. The summed E-state index contributed by atoms with van der Waals surface area (Å²) in [6.45, 7) is 4.52. The molecule has 1 aliphatic heterocycles. The molecule has 11 heteroatoms. The number of rotatable bonds is 6. The van der Waals surface area contributed by atoms with Crippen LogP contribution < -0.4 is 0 Å². The number of morpholine rings is 1. The van der Waals surface area contributed by atoms with Gasteiger partial charge in [0.05, 0.1) is 23.6 Å². The minimum absolute atomic E-state index is 0.00346. The van der Waals surface area contributed by atoms with Gasteiger partial charge in [0, 0.05) is 44.1 Å². The van der Waals surface area contributed by atoms with Gasteiger partial charge in [0.2, 0.25) is 0 Å². The van der Waals surface area contributed by atoms with Gasteiger partial charge in [0.15, 0.2) is 0 Å². The van der Waals surface area contributed by atoms with Gasteiger partial charge >= 0.3 is 6.18 Å². The molecule has 0 bridgehead atoms. The number of hydrogen-bond donors (Lipinski definition) is 0. The Morgan fingerprint density at radius 1 is 1.20 bits per heavy atom. The lowest BCUT2D eigenvalue weighted by Crippen LogP contribution is -2.49. The predicted molar refractivity (Wildman–Crippen MR) is 105 cm³/mol. The van der Waals surface area contributed by atoms with Gasteiger partial charge in [0.1, 0.15) is 6.10 Å². The molecule has 0 radical (unpaired) electrons. The molecule has 7 nitrogen and oxygen atoms in total. The lowest BCUT2D eigenvalue weighted by atomic mass is 10.0. The fraction of sp³-hybridized carbons (Fsp3) is 0.474. The average Bonchev–Trinajstić information content (AvgIpc) is 2.74. The largest absolute Gasteiger partial charge is 0.416 e. The van der Waals surface area contributed by atoms with Crippen molar-refractivity contribution in [2.24, 2.45) is 0 Å². The molecule has 0 N–H and O–H groups in total. The topological polar surface area (TPSA) is 75.6 Å². The number of aromatic nitrogens is 2. The van der Waals surface area contributed by atoms with Gasteiger partial charge in [0.25, 0.3) is 10.2 Å². The van der Waals surface area contributed by atoms with Crippen LogP contribution in [0.2, 0.25) is 0 Å². The van der Waals surface area contributed by atoms with Crippen LogP contribution in [0.1, 0.15) is 31.2 Å². The summed E-state index contributed by atoms with van der Waals surface area (Å²) >= 11 is 0. The van der Waals surface area contributed by atoms with Crippen molar-refractivity contribution in [1.82, 2.24) is 18.6 Å². The number of nitrogens with zero attached hydrogens (tertiary/aromatic N) is 4. The number of alkyl halides is 3. The van der Waals surface area contributed by atoms with Crippen LogP contribution in [0.4, 0.5) is 13.2 Å². The molecule has 1 atom stereocenters. The molecule has 1 fully saturated rings. The zero-order chi connectivity index (χ0) is 21.9. The summed E-state index contributed by atoms with van der Waals surface area (Å²) in [5, 5.41) is 0. The van der Waals surface area contributed by atoms with Crippen molar-refractivity contribution < 1.29 is 26.3 Å². The van der Waals surface area contributed by atoms with E-state index in [9.17, 15) is 21.6 Å². The Morgan fingerprint density at radius 2 is 1.90 bits per heavy atom. The summed E-state index contributed by atoms with van der Waals surface area (Å²) in [5.74, 6) is 0. The number of benzene rings is 1. The third-order valence-electron chi connectivity index (χ3n) is 4.88. The van der Waals surface area contributed by atoms with E-state index in [1.165, 1.54) is 33.1 Å². The molecule has 1 saturated heterocycles. The quantitative estimate of drug-likeness (QED) is 0.684. The molecule has 1 aromatic heterocycles. The minimum atomic E-state index is -4.49. The van der Waals surface area contributed by atoms with Crippen molar-refractivity contribution >= 4 is 10.2 Å². The Hall–Kier alpha value is -2.08. The SMILES string of the molecule is CCN(CC)S(=O)(=O)N1CCO[C@@H](c2nccnc2-c2cccc(C(F)(F)F)c2)C1. The summed E-state index contributed by atoms with van der Waals surface area (Å²) in [6, 6.07) is 4.79. The second-order valence-corrected chi connectivity index (χ2v) is 8.61. The van der Waals surface area contributed by atoms with E-state index in [2.05, 4.69) is 9.97 Å². The van der Waals surface area contributed by atoms with E-state index in [0.717, 1.165) is 12.1 Å². The molecular formula is C19H23F3N4O3S. The van der Waals surface area contributed by atoms with Crippen LogP contribution in [-0.2, 0) is 21.1 Å². The molecule has 0 amide bonds. The molecule has 3 rings (SSSR count). The zero-order valence-electron chi connectivity index (χ0n) is 16.6. The van der Waals surface area contributed by atoms with Crippen molar-refractivity contribution in [2.45, 2.75) is 26.1 Å². The Bertz CT molecular complexity index is 981.